The summed E-state index contributed by atoms with van der Waals surface area (Å²) in [5.41, 5.74) is 7.39. The van der Waals surface area contributed by atoms with Gasteiger partial charge in [-0.2, -0.15) is 5.10 Å². The van der Waals surface area contributed by atoms with Gasteiger partial charge in [0.25, 0.3) is 0 Å². The molecule has 0 bridgehead atoms. The highest BCUT2D eigenvalue weighted by Gasteiger charge is 2.13. The Kier molecular flexibility index (Phi) is 7.97. The molecule has 7 nitrogen and oxygen atoms in total. The summed E-state index contributed by atoms with van der Waals surface area (Å²) in [6.45, 7) is -0.531. The molecule has 2 aromatic rings. The number of hydrogen-bond donors (Lipinski definition) is 2. The van der Waals surface area contributed by atoms with Gasteiger partial charge in [-0.1, -0.05) is 53.7 Å². The van der Waals surface area contributed by atoms with Crippen molar-refractivity contribution in [3.05, 3.63) is 58.6 Å². The van der Waals surface area contributed by atoms with Crippen molar-refractivity contribution in [2.45, 2.75) is 5.75 Å². The summed E-state index contributed by atoms with van der Waals surface area (Å²) < 4.78 is 10.5. The highest BCUT2D eigenvalue weighted by molar-refractivity contribution is 8.13. The van der Waals surface area contributed by atoms with Gasteiger partial charge >= 0.3 is 5.97 Å². The van der Waals surface area contributed by atoms with Crippen molar-refractivity contribution < 1.29 is 19.4 Å². The van der Waals surface area contributed by atoms with Crippen LogP contribution in [0.2, 0.25) is 5.02 Å². The zero-order valence-electron chi connectivity index (χ0n) is 14.5. The molecule has 142 valence electrons. The third-order valence-electron chi connectivity index (χ3n) is 3.19. The summed E-state index contributed by atoms with van der Waals surface area (Å²) >= 11 is 7.39. The Balaban J connectivity index is 2.11. The van der Waals surface area contributed by atoms with Crippen molar-refractivity contribution in [2.24, 2.45) is 15.9 Å². The molecule has 0 radical (unpaired) electrons. The molecule has 2 aromatic carbocycles. The van der Waals surface area contributed by atoms with Crippen LogP contribution >= 0.6 is 23.4 Å². The molecule has 0 fully saturated rings. The summed E-state index contributed by atoms with van der Waals surface area (Å²) in [7, 11) is 1.43. The van der Waals surface area contributed by atoms with Crippen LogP contribution in [0, 0.1) is 0 Å². The topological polar surface area (TPSA) is 107 Å². The number of thioether (sulfide) groups is 1. The molecule has 2 rings (SSSR count). The summed E-state index contributed by atoms with van der Waals surface area (Å²) in [4.78, 5) is 10.8. The van der Waals surface area contributed by atoms with Crippen molar-refractivity contribution in [2.75, 3.05) is 13.7 Å². The molecule has 0 atom stereocenters. The Hall–Kier alpha value is -2.71. The quantitative estimate of drug-likeness (QED) is 0.394. The van der Waals surface area contributed by atoms with E-state index >= 15 is 0 Å². The lowest BCUT2D eigenvalue weighted by atomic mass is 10.2. The number of hydrogen-bond acceptors (Lipinski definition) is 6. The fraction of sp³-hybridized carbons (Fsp3) is 0.167. The first-order valence-corrected chi connectivity index (χ1v) is 9.11. The molecule has 0 unspecified atom stereocenters. The Labute approximate surface area is 165 Å². The van der Waals surface area contributed by atoms with Crippen LogP contribution in [0.15, 0.2) is 52.7 Å². The minimum absolute atomic E-state index is 0.207. The molecule has 0 saturated carbocycles. The maximum absolute atomic E-state index is 10.8. The van der Waals surface area contributed by atoms with E-state index in [4.69, 9.17) is 31.9 Å². The second-order valence-corrected chi connectivity index (χ2v) is 6.60. The predicted molar refractivity (Wildman–Crippen MR) is 108 cm³/mol. The number of carboxylic acid groups (broad SMARTS) is 1. The fourth-order valence-corrected chi connectivity index (χ4v) is 2.86. The first-order chi connectivity index (χ1) is 13.0. The Morgan fingerprint density at radius 2 is 2.07 bits per heavy atom. The lowest BCUT2D eigenvalue weighted by Gasteiger charge is -2.12. The number of benzene rings is 2. The highest BCUT2D eigenvalue weighted by atomic mass is 35.5. The number of ether oxygens (including phenoxy) is 2. The number of halogens is 1. The van der Waals surface area contributed by atoms with Gasteiger partial charge in [0.05, 0.1) is 13.3 Å². The van der Waals surface area contributed by atoms with Crippen LogP contribution in [0.1, 0.15) is 11.1 Å². The highest BCUT2D eigenvalue weighted by Crippen LogP contribution is 2.33. The van der Waals surface area contributed by atoms with Gasteiger partial charge < -0.3 is 20.3 Å². The molecule has 3 N–H and O–H groups in total. The van der Waals surface area contributed by atoms with Gasteiger partial charge in [-0.3, -0.25) is 0 Å². The van der Waals surface area contributed by atoms with Crippen LogP contribution in [0.4, 0.5) is 0 Å². The van der Waals surface area contributed by atoms with E-state index < -0.39 is 12.6 Å². The van der Waals surface area contributed by atoms with Crippen LogP contribution in [0.3, 0.4) is 0 Å². The van der Waals surface area contributed by atoms with Crippen LogP contribution in [-0.4, -0.2) is 36.2 Å². The fourth-order valence-electron chi connectivity index (χ4n) is 2.03. The van der Waals surface area contributed by atoms with E-state index in [0.717, 1.165) is 5.56 Å². The number of methoxy groups -OCH3 is 1. The molecule has 9 heteroatoms. The summed E-state index contributed by atoms with van der Waals surface area (Å²) in [6.07, 6.45) is 1.38. The average molecular weight is 408 g/mol. The molecule has 0 saturated heterocycles. The van der Waals surface area contributed by atoms with E-state index in [0.29, 0.717) is 22.1 Å². The minimum Gasteiger partial charge on any atom is -0.493 e. The number of rotatable bonds is 8. The summed E-state index contributed by atoms with van der Waals surface area (Å²) in [5, 5.41) is 17.3. The largest absolute Gasteiger partial charge is 0.493 e. The lowest BCUT2D eigenvalue weighted by molar-refractivity contribution is -0.139. The molecule has 0 heterocycles. The molecule has 0 aliphatic rings. The number of amidine groups is 1. The molecule has 0 aromatic heterocycles. The molecule has 0 amide bonds. The van der Waals surface area contributed by atoms with Gasteiger partial charge in [-0.05, 0) is 11.6 Å². The molecule has 0 spiro atoms. The molecular weight excluding hydrogens is 390 g/mol. The Morgan fingerprint density at radius 1 is 1.33 bits per heavy atom. The van der Waals surface area contributed by atoms with E-state index in [-0.39, 0.29) is 10.9 Å². The van der Waals surface area contributed by atoms with Crippen LogP contribution < -0.4 is 15.2 Å². The van der Waals surface area contributed by atoms with E-state index in [9.17, 15) is 4.79 Å². The number of nitrogens with two attached hydrogens (primary N) is 1. The van der Waals surface area contributed by atoms with Crippen LogP contribution in [0.5, 0.6) is 11.5 Å². The minimum atomic E-state index is -1.12. The smallest absolute Gasteiger partial charge is 0.341 e. The van der Waals surface area contributed by atoms with Gasteiger partial charge in [-0.25, -0.2) is 4.79 Å². The van der Waals surface area contributed by atoms with E-state index in [1.807, 2.05) is 30.3 Å². The zero-order valence-corrected chi connectivity index (χ0v) is 16.0. The van der Waals surface area contributed by atoms with E-state index in [1.54, 1.807) is 6.07 Å². The zero-order chi connectivity index (χ0) is 19.6. The summed E-state index contributed by atoms with van der Waals surface area (Å²) in [5.74, 6) is 0.0535. The SMILES string of the molecule is COc1cc(Cl)cc(C=NN=C(N)SCc2ccccc2)c1OCC(=O)O. The molecule has 27 heavy (non-hydrogen) atoms. The molecule has 0 aliphatic heterocycles. The molecule has 0 aliphatic carbocycles. The maximum atomic E-state index is 10.8. The second kappa shape index (κ2) is 10.4. The van der Waals surface area contributed by atoms with Gasteiger partial charge in [0.1, 0.15) is 0 Å². The predicted octanol–water partition coefficient (Wildman–Crippen LogP) is 3.39. The van der Waals surface area contributed by atoms with E-state index in [2.05, 4.69) is 10.2 Å². The lowest BCUT2D eigenvalue weighted by Crippen LogP contribution is -2.11. The van der Waals surface area contributed by atoms with Crippen LogP contribution in [-0.2, 0) is 10.5 Å². The van der Waals surface area contributed by atoms with E-state index in [1.165, 1.54) is 31.2 Å². The second-order valence-electron chi connectivity index (χ2n) is 5.17. The van der Waals surface area contributed by atoms with Crippen molar-refractivity contribution in [1.82, 2.24) is 0 Å². The van der Waals surface area contributed by atoms with Gasteiger partial charge in [0, 0.05) is 22.4 Å². The van der Waals surface area contributed by atoms with Gasteiger partial charge in [0.2, 0.25) is 0 Å². The van der Waals surface area contributed by atoms with Crippen molar-refractivity contribution in [3.63, 3.8) is 0 Å². The average Bonchev–Trinajstić information content (AvgIpc) is 2.65. The monoisotopic (exact) mass is 407 g/mol. The number of aliphatic carboxylic acids is 1. The third-order valence-corrected chi connectivity index (χ3v) is 4.26. The Bertz CT molecular complexity index is 844. The van der Waals surface area contributed by atoms with Gasteiger partial charge in [-0.15, -0.1) is 5.10 Å². The van der Waals surface area contributed by atoms with Crippen molar-refractivity contribution in [3.8, 4) is 11.5 Å². The maximum Gasteiger partial charge on any atom is 0.341 e. The van der Waals surface area contributed by atoms with Crippen molar-refractivity contribution in [1.29, 1.82) is 0 Å². The number of carboxylic acids is 1. The number of nitrogens with zero attached hydrogens (tertiary/aromatic N) is 2. The van der Waals surface area contributed by atoms with Gasteiger partial charge in [0.15, 0.2) is 23.3 Å². The van der Waals surface area contributed by atoms with Crippen LogP contribution in [0.25, 0.3) is 0 Å². The first-order valence-electron chi connectivity index (χ1n) is 7.75. The standard InChI is InChI=1S/C18H18ClN3O4S/c1-25-15-8-14(19)7-13(17(15)26-10-16(23)24)9-21-22-18(20)27-11-12-5-3-2-4-6-12/h2-9H,10-11H2,1H3,(H2,20,22)(H,23,24). The normalized spacial score (nSPS) is 11.6. The molecular formula is C18H18ClN3O4S. The number of carbonyl (C=O) groups is 1. The first kappa shape index (κ1) is 20.6. The van der Waals surface area contributed by atoms with Crippen molar-refractivity contribution >= 4 is 40.7 Å². The Morgan fingerprint density at radius 3 is 2.74 bits per heavy atom. The third kappa shape index (κ3) is 6.84. The summed E-state index contributed by atoms with van der Waals surface area (Å²) in [6, 6.07) is 12.9.